The number of piperidine rings is 1. The van der Waals surface area contributed by atoms with Gasteiger partial charge in [-0.2, -0.15) is 0 Å². The van der Waals surface area contributed by atoms with Crippen molar-refractivity contribution >= 4 is 5.82 Å². The lowest BCUT2D eigenvalue weighted by atomic mass is 9.95. The molecule has 2 saturated heterocycles. The van der Waals surface area contributed by atoms with E-state index in [1.807, 2.05) is 0 Å². The second-order valence-electron chi connectivity index (χ2n) is 6.03. The molecule has 19 heavy (non-hydrogen) atoms. The van der Waals surface area contributed by atoms with E-state index >= 15 is 0 Å². The zero-order valence-corrected chi connectivity index (χ0v) is 12.2. The Morgan fingerprint density at radius 3 is 2.47 bits per heavy atom. The van der Waals surface area contributed by atoms with Crippen molar-refractivity contribution in [1.82, 2.24) is 9.88 Å². The summed E-state index contributed by atoms with van der Waals surface area (Å²) in [5.41, 5.74) is 2.66. The van der Waals surface area contributed by atoms with Crippen LogP contribution in [0.5, 0.6) is 0 Å². The number of hydrogen-bond acceptors (Lipinski definition) is 3. The van der Waals surface area contributed by atoms with E-state index in [1.54, 1.807) is 0 Å². The van der Waals surface area contributed by atoms with E-state index < -0.39 is 0 Å². The summed E-state index contributed by atoms with van der Waals surface area (Å²) in [7, 11) is 2.25. The highest BCUT2D eigenvalue weighted by molar-refractivity contribution is 5.43. The van der Waals surface area contributed by atoms with Crippen LogP contribution < -0.4 is 4.90 Å². The van der Waals surface area contributed by atoms with Crippen LogP contribution in [0.2, 0.25) is 0 Å². The van der Waals surface area contributed by atoms with Crippen LogP contribution in [0, 0.1) is 6.92 Å². The van der Waals surface area contributed by atoms with Gasteiger partial charge < -0.3 is 4.90 Å². The smallest absolute Gasteiger partial charge is 0.128 e. The summed E-state index contributed by atoms with van der Waals surface area (Å²) >= 11 is 0. The minimum absolute atomic E-state index is 0.578. The number of anilines is 1. The molecule has 0 radical (unpaired) electrons. The molecule has 0 aromatic carbocycles. The van der Waals surface area contributed by atoms with Gasteiger partial charge in [0.15, 0.2) is 0 Å². The molecule has 104 valence electrons. The summed E-state index contributed by atoms with van der Waals surface area (Å²) in [5.74, 6) is 1.18. The van der Waals surface area contributed by atoms with Gasteiger partial charge in [-0.25, -0.2) is 4.98 Å². The number of nitrogens with zero attached hydrogens (tertiary/aromatic N) is 3. The van der Waals surface area contributed by atoms with E-state index in [4.69, 9.17) is 4.98 Å². The van der Waals surface area contributed by atoms with Gasteiger partial charge in [0.05, 0.1) is 0 Å². The zero-order chi connectivity index (χ0) is 13.2. The normalized spacial score (nSPS) is 24.9. The number of aryl methyl sites for hydroxylation is 1. The number of aromatic nitrogens is 1. The van der Waals surface area contributed by atoms with Crippen LogP contribution in [0.4, 0.5) is 5.82 Å². The first-order chi connectivity index (χ1) is 9.25. The molecule has 1 aromatic rings. The maximum absolute atomic E-state index is 4.86. The molecule has 0 N–H and O–H groups in total. The molecule has 3 nitrogen and oxygen atoms in total. The van der Waals surface area contributed by atoms with Crippen LogP contribution in [0.25, 0.3) is 0 Å². The van der Waals surface area contributed by atoms with Crippen molar-refractivity contribution in [3.8, 4) is 0 Å². The minimum atomic E-state index is 0.578. The molecule has 1 atom stereocenters. The van der Waals surface area contributed by atoms with Crippen molar-refractivity contribution < 1.29 is 0 Å². The Morgan fingerprint density at radius 2 is 1.79 bits per heavy atom. The van der Waals surface area contributed by atoms with Crippen molar-refractivity contribution in [2.24, 2.45) is 0 Å². The second kappa shape index (κ2) is 5.49. The summed E-state index contributed by atoms with van der Waals surface area (Å²) in [6, 6.07) is 5.13. The van der Waals surface area contributed by atoms with Crippen molar-refractivity contribution in [2.75, 3.05) is 31.6 Å². The lowest BCUT2D eigenvalue weighted by Gasteiger charge is -2.33. The first-order valence-electron chi connectivity index (χ1n) is 7.68. The van der Waals surface area contributed by atoms with Gasteiger partial charge in [-0.1, -0.05) is 12.5 Å². The molecule has 2 aliphatic rings. The van der Waals surface area contributed by atoms with Gasteiger partial charge in [-0.05, 0) is 57.8 Å². The number of likely N-dealkylation sites (tertiary alicyclic amines) is 1. The third-order valence-corrected chi connectivity index (χ3v) is 4.67. The molecule has 3 heterocycles. The summed E-state index contributed by atoms with van der Waals surface area (Å²) in [6.07, 6.45) is 6.59. The van der Waals surface area contributed by atoms with Crippen LogP contribution in [0.15, 0.2) is 12.1 Å². The average molecular weight is 259 g/mol. The fourth-order valence-electron chi connectivity index (χ4n) is 3.50. The summed E-state index contributed by atoms with van der Waals surface area (Å²) in [4.78, 5) is 9.77. The fourth-order valence-corrected chi connectivity index (χ4v) is 3.50. The Hall–Kier alpha value is -1.09. The van der Waals surface area contributed by atoms with E-state index in [0.29, 0.717) is 6.04 Å². The maximum atomic E-state index is 4.86. The first kappa shape index (κ1) is 12.9. The molecule has 3 rings (SSSR count). The Morgan fingerprint density at radius 1 is 1.05 bits per heavy atom. The SMILES string of the molecule is Cc1nc(N2CCCC2)ccc1C1CCCCN1C. The molecular weight excluding hydrogens is 234 g/mol. The van der Waals surface area contributed by atoms with E-state index in [0.717, 1.165) is 0 Å². The Labute approximate surface area is 116 Å². The quantitative estimate of drug-likeness (QED) is 0.813. The molecule has 0 bridgehead atoms. The van der Waals surface area contributed by atoms with Gasteiger partial charge in [0, 0.05) is 24.8 Å². The molecule has 0 saturated carbocycles. The third-order valence-electron chi connectivity index (χ3n) is 4.67. The average Bonchev–Trinajstić information content (AvgIpc) is 2.94. The van der Waals surface area contributed by atoms with E-state index in [2.05, 4.69) is 35.9 Å². The Kier molecular flexibility index (Phi) is 3.74. The van der Waals surface area contributed by atoms with Gasteiger partial charge in [0.1, 0.15) is 5.82 Å². The minimum Gasteiger partial charge on any atom is -0.357 e. The van der Waals surface area contributed by atoms with Crippen LogP contribution in [-0.2, 0) is 0 Å². The predicted octanol–water partition coefficient (Wildman–Crippen LogP) is 3.15. The second-order valence-corrected chi connectivity index (χ2v) is 6.03. The van der Waals surface area contributed by atoms with Crippen LogP contribution >= 0.6 is 0 Å². The topological polar surface area (TPSA) is 19.4 Å². The van der Waals surface area contributed by atoms with Gasteiger partial charge >= 0.3 is 0 Å². The van der Waals surface area contributed by atoms with Gasteiger partial charge in [-0.3, -0.25) is 4.90 Å². The zero-order valence-electron chi connectivity index (χ0n) is 12.2. The van der Waals surface area contributed by atoms with Gasteiger partial charge in [0.25, 0.3) is 0 Å². The molecule has 1 unspecified atom stereocenters. The van der Waals surface area contributed by atoms with Crippen molar-refractivity contribution in [3.63, 3.8) is 0 Å². The Bertz CT molecular complexity index is 438. The highest BCUT2D eigenvalue weighted by atomic mass is 15.2. The van der Waals surface area contributed by atoms with Crippen LogP contribution in [0.1, 0.15) is 49.4 Å². The van der Waals surface area contributed by atoms with E-state index in [9.17, 15) is 0 Å². The first-order valence-corrected chi connectivity index (χ1v) is 7.68. The molecule has 3 heteroatoms. The third kappa shape index (κ3) is 2.62. The molecule has 0 spiro atoms. The molecule has 0 amide bonds. The molecule has 0 aliphatic carbocycles. The summed E-state index contributed by atoms with van der Waals surface area (Å²) in [6.45, 7) is 5.75. The van der Waals surface area contributed by atoms with Gasteiger partial charge in [-0.15, -0.1) is 0 Å². The number of pyridine rings is 1. The maximum Gasteiger partial charge on any atom is 0.128 e. The van der Waals surface area contributed by atoms with E-state index in [-0.39, 0.29) is 0 Å². The fraction of sp³-hybridized carbons (Fsp3) is 0.688. The molecular formula is C16H25N3. The highest BCUT2D eigenvalue weighted by Gasteiger charge is 2.23. The highest BCUT2D eigenvalue weighted by Crippen LogP contribution is 2.32. The molecule has 2 fully saturated rings. The van der Waals surface area contributed by atoms with Crippen molar-refractivity contribution in [2.45, 2.75) is 45.1 Å². The largest absolute Gasteiger partial charge is 0.357 e. The summed E-state index contributed by atoms with van der Waals surface area (Å²) < 4.78 is 0. The Balaban J connectivity index is 1.82. The van der Waals surface area contributed by atoms with Crippen molar-refractivity contribution in [1.29, 1.82) is 0 Å². The lowest BCUT2D eigenvalue weighted by molar-refractivity contribution is 0.186. The predicted molar refractivity (Wildman–Crippen MR) is 79.6 cm³/mol. The number of hydrogen-bond donors (Lipinski definition) is 0. The number of rotatable bonds is 2. The van der Waals surface area contributed by atoms with Crippen LogP contribution in [0.3, 0.4) is 0 Å². The monoisotopic (exact) mass is 259 g/mol. The standard InChI is InChI=1S/C16H25N3/c1-13-14(15-7-3-4-10-18(15)2)8-9-16(17-13)19-11-5-6-12-19/h8-9,15H,3-7,10-12H2,1-2H3. The molecule has 1 aromatic heterocycles. The van der Waals surface area contributed by atoms with Gasteiger partial charge in [0.2, 0.25) is 0 Å². The van der Waals surface area contributed by atoms with Crippen molar-refractivity contribution in [3.05, 3.63) is 23.4 Å². The van der Waals surface area contributed by atoms with E-state index in [1.165, 1.54) is 68.8 Å². The lowest BCUT2D eigenvalue weighted by Crippen LogP contribution is -2.30. The van der Waals surface area contributed by atoms with Crippen LogP contribution in [-0.4, -0.2) is 36.6 Å². The summed E-state index contributed by atoms with van der Waals surface area (Å²) in [5, 5.41) is 0. The molecule has 2 aliphatic heterocycles.